The molecule has 28 rings (SSSR count). The van der Waals surface area contributed by atoms with E-state index < -0.39 is 0 Å². The summed E-state index contributed by atoms with van der Waals surface area (Å²) >= 11 is 0. The van der Waals surface area contributed by atoms with Crippen LogP contribution < -0.4 is 0 Å². The van der Waals surface area contributed by atoms with Gasteiger partial charge in [0.2, 0.25) is 0 Å². The molecule has 0 N–H and O–H groups in total. The first-order valence-electron chi connectivity index (χ1n) is 46.8. The first kappa shape index (κ1) is 77.8. The monoisotopic (exact) mass is 1730 g/mol. The van der Waals surface area contributed by atoms with Crippen molar-refractivity contribution in [2.45, 2.75) is 0 Å². The lowest BCUT2D eigenvalue weighted by atomic mass is 10.00. The smallest absolute Gasteiger partial charge is 0.0562 e. The minimum atomic E-state index is 1.13. The quantitative estimate of drug-likeness (QED) is 0.110. The molecule has 0 saturated heterocycles. The highest BCUT2D eigenvalue weighted by atomic mass is 15.0. The fourth-order valence-corrected chi connectivity index (χ4v) is 21.9. The summed E-state index contributed by atoms with van der Waals surface area (Å²) in [5.74, 6) is 0. The summed E-state index contributed by atoms with van der Waals surface area (Å²) in [6.45, 7) is 0. The summed E-state index contributed by atoms with van der Waals surface area (Å²) in [7, 11) is 0. The van der Waals surface area contributed by atoms with Crippen molar-refractivity contribution in [1.29, 1.82) is 0 Å². The van der Waals surface area contributed by atoms with Gasteiger partial charge in [-0.05, 0) is 259 Å². The molecule has 634 valence electrons. The predicted octanol–water partition coefficient (Wildman–Crippen LogP) is 34.8. The average Bonchev–Trinajstić information content (AvgIpc) is 1.55. The number of nitrogens with zero attached hydrogens (tertiary/aromatic N) is 6. The predicted molar refractivity (Wildman–Crippen MR) is 574 cm³/mol. The van der Waals surface area contributed by atoms with Crippen molar-refractivity contribution in [3.63, 3.8) is 0 Å². The molecule has 28 aromatic rings. The molecule has 6 heteroatoms. The molecule has 6 nitrogen and oxygen atoms in total. The van der Waals surface area contributed by atoms with Crippen LogP contribution in [0.25, 0.3) is 254 Å². The molecular formula is C130H84N6. The van der Waals surface area contributed by atoms with Gasteiger partial charge >= 0.3 is 0 Å². The number of hydrogen-bond acceptors (Lipinski definition) is 0. The molecule has 0 fully saturated rings. The topological polar surface area (TPSA) is 29.6 Å². The van der Waals surface area contributed by atoms with Gasteiger partial charge in [0.25, 0.3) is 0 Å². The zero-order valence-corrected chi connectivity index (χ0v) is 74.2. The van der Waals surface area contributed by atoms with Gasteiger partial charge in [0.1, 0.15) is 0 Å². The fourth-order valence-electron chi connectivity index (χ4n) is 21.9. The van der Waals surface area contributed by atoms with Crippen LogP contribution in [0.1, 0.15) is 0 Å². The Kier molecular flexibility index (Phi) is 18.2. The van der Waals surface area contributed by atoms with Gasteiger partial charge < -0.3 is 27.4 Å². The van der Waals surface area contributed by atoms with E-state index in [-0.39, 0.29) is 0 Å². The van der Waals surface area contributed by atoms with E-state index in [0.29, 0.717) is 0 Å². The largest absolute Gasteiger partial charge is 0.309 e. The minimum absolute atomic E-state index is 1.13. The van der Waals surface area contributed by atoms with Crippen molar-refractivity contribution in [3.05, 3.63) is 510 Å². The summed E-state index contributed by atoms with van der Waals surface area (Å²) in [6.07, 6.45) is 0. The molecule has 0 bridgehead atoms. The van der Waals surface area contributed by atoms with E-state index in [1.54, 1.807) is 0 Å². The molecular weight excluding hydrogens is 1650 g/mol. The third-order valence-electron chi connectivity index (χ3n) is 28.2. The van der Waals surface area contributed by atoms with Crippen LogP contribution in [-0.2, 0) is 0 Å². The molecule has 6 heterocycles. The van der Waals surface area contributed by atoms with Gasteiger partial charge in [-0.3, -0.25) is 0 Å². The van der Waals surface area contributed by atoms with Crippen LogP contribution in [-0.4, -0.2) is 27.4 Å². The van der Waals surface area contributed by atoms with Crippen LogP contribution in [0.2, 0.25) is 0 Å². The lowest BCUT2D eigenvalue weighted by Crippen LogP contribution is -1.96. The van der Waals surface area contributed by atoms with Crippen LogP contribution in [0, 0.1) is 0 Å². The Bertz CT molecular complexity index is 9640. The molecule has 0 aliphatic heterocycles. The van der Waals surface area contributed by atoms with Gasteiger partial charge in [-0.25, -0.2) is 0 Å². The molecule has 0 saturated carbocycles. The van der Waals surface area contributed by atoms with E-state index in [4.69, 9.17) is 0 Å². The van der Waals surface area contributed by atoms with Crippen LogP contribution in [0.4, 0.5) is 0 Å². The molecule has 0 radical (unpaired) electrons. The molecule has 0 aliphatic carbocycles. The van der Waals surface area contributed by atoms with Crippen LogP contribution in [0.5, 0.6) is 0 Å². The van der Waals surface area contributed by atoms with Crippen molar-refractivity contribution >= 4 is 142 Å². The van der Waals surface area contributed by atoms with E-state index in [1.165, 1.54) is 219 Å². The highest BCUT2D eigenvalue weighted by Gasteiger charge is 2.26. The Labute approximate surface area is 785 Å². The summed E-state index contributed by atoms with van der Waals surface area (Å²) in [4.78, 5) is 0. The van der Waals surface area contributed by atoms with Crippen molar-refractivity contribution in [2.75, 3.05) is 0 Å². The molecule has 0 aliphatic rings. The zero-order chi connectivity index (χ0) is 89.4. The van der Waals surface area contributed by atoms with Crippen LogP contribution in [0.15, 0.2) is 510 Å². The number of para-hydroxylation sites is 4. The Hall–Kier alpha value is -18.1. The summed E-state index contributed by atoms with van der Waals surface area (Å²) < 4.78 is 14.7. The van der Waals surface area contributed by atoms with Gasteiger partial charge in [0.15, 0.2) is 0 Å². The van der Waals surface area contributed by atoms with Gasteiger partial charge in [-0.2, -0.15) is 0 Å². The molecule has 6 aromatic heterocycles. The maximum absolute atomic E-state index is 2.48. The Morgan fingerprint density at radius 2 is 0.294 bits per heavy atom. The number of rotatable bonds is 13. The third kappa shape index (κ3) is 12.9. The minimum Gasteiger partial charge on any atom is -0.309 e. The molecule has 22 aromatic carbocycles. The Balaban J connectivity index is 0.000000138. The zero-order valence-electron chi connectivity index (χ0n) is 74.2. The summed E-state index contributed by atoms with van der Waals surface area (Å²) in [5, 5.41) is 17.3. The normalized spacial score (nSPS) is 11.8. The second-order valence-electron chi connectivity index (χ2n) is 35.9. The Morgan fingerprint density at radius 3 is 0.625 bits per heavy atom. The van der Waals surface area contributed by atoms with Crippen molar-refractivity contribution < 1.29 is 0 Å². The van der Waals surface area contributed by atoms with E-state index >= 15 is 0 Å². The van der Waals surface area contributed by atoms with Gasteiger partial charge in [0, 0.05) is 98.8 Å². The SMILES string of the molecule is c1ccc(-c2ccc(-n3c4ccccc4c4cc5c6cc(-c7ccc8c(c7)c7ccccc7n8-c7cccc(-c8ccccc8)c7)ccc6n(-c6cccc(-c7ccccc7)c6)c5cc43)cc2)cc1.c1ccc(-c2cccc(-n3c4ccccc4c4cc(-c5ccc6c(c5)c5cc7c8ccccc8n(-c8ccc9ccccc9c8)c7cc5n6-c5cccc(-c6ccccc6)c5)ccc43)c2)cc1. The van der Waals surface area contributed by atoms with E-state index in [0.717, 1.165) is 34.1 Å². The van der Waals surface area contributed by atoms with Crippen molar-refractivity contribution in [2.24, 2.45) is 0 Å². The number of aromatic nitrogens is 6. The number of benzene rings is 22. The highest BCUT2D eigenvalue weighted by Crippen LogP contribution is 2.48. The lowest BCUT2D eigenvalue weighted by Gasteiger charge is -2.12. The average molecular weight is 1730 g/mol. The highest BCUT2D eigenvalue weighted by molar-refractivity contribution is 6.23. The van der Waals surface area contributed by atoms with E-state index in [9.17, 15) is 0 Å². The summed E-state index contributed by atoms with van der Waals surface area (Å²) in [5.41, 5.74) is 37.8. The van der Waals surface area contributed by atoms with Gasteiger partial charge in [-0.1, -0.05) is 340 Å². The molecule has 0 unspecified atom stereocenters. The van der Waals surface area contributed by atoms with Crippen LogP contribution in [0.3, 0.4) is 0 Å². The van der Waals surface area contributed by atoms with Crippen molar-refractivity contribution in [3.8, 4) is 112 Å². The third-order valence-corrected chi connectivity index (χ3v) is 28.2. The van der Waals surface area contributed by atoms with Crippen molar-refractivity contribution in [1.82, 2.24) is 27.4 Å². The molecule has 136 heavy (non-hydrogen) atoms. The second-order valence-corrected chi connectivity index (χ2v) is 35.9. The van der Waals surface area contributed by atoms with E-state index in [2.05, 4.69) is 537 Å². The maximum atomic E-state index is 2.48. The van der Waals surface area contributed by atoms with Crippen LogP contribution >= 0.6 is 0 Å². The standard InChI is InChI=1S/C66H43N3.C64H41N3/c1-4-16-44(17-5-1)47-30-34-52(35-31-47)67-61-28-12-11-27-56(61)59-42-60-58-41-51(33-37-64(58)69(66(60)43-65(59)67)54-25-15-23-49(39-54)46-20-8-3-9-21-46)50-32-36-63-57(40-50)55-26-10-13-29-62(55)68(63)53-24-14-22-48(38-53)45-18-6-2-7-19-45;1-3-15-42(16-4-1)46-21-13-23-50(35-46)65-59-27-11-9-25-53(59)55-38-48(30-33-61(55)65)49-31-34-62-56(39-49)58-40-57-54-26-10-12-28-60(54)67(52-32-29-44-19-7-8-20-45(44)37-52)63(57)41-64(58)66(62)51-24-14-22-47(36-51)43-17-5-2-6-18-43/h1-43H;1-41H. The number of hydrogen-bond donors (Lipinski definition) is 0. The maximum Gasteiger partial charge on any atom is 0.0562 e. The number of fused-ring (bicyclic) bond motifs is 19. The Morgan fingerprint density at radius 1 is 0.0882 bits per heavy atom. The fraction of sp³-hybridized carbons (Fsp3) is 0. The molecule has 0 atom stereocenters. The first-order valence-corrected chi connectivity index (χ1v) is 46.8. The second kappa shape index (κ2) is 31.9. The first-order chi connectivity index (χ1) is 67.4. The lowest BCUT2D eigenvalue weighted by molar-refractivity contribution is 1.16. The van der Waals surface area contributed by atoms with Gasteiger partial charge in [0.05, 0.1) is 66.2 Å². The van der Waals surface area contributed by atoms with E-state index in [1.807, 2.05) is 0 Å². The molecule has 0 spiro atoms. The van der Waals surface area contributed by atoms with Gasteiger partial charge in [-0.15, -0.1) is 0 Å². The summed E-state index contributed by atoms with van der Waals surface area (Å²) in [6, 6.07) is 187. The molecule has 0 amide bonds.